The van der Waals surface area contributed by atoms with Crippen LogP contribution in [0.4, 0.5) is 0 Å². The summed E-state index contributed by atoms with van der Waals surface area (Å²) >= 11 is 17.5. The Kier molecular flexibility index (Phi) is 6.86. The first-order chi connectivity index (χ1) is 14.1. The van der Waals surface area contributed by atoms with Gasteiger partial charge < -0.3 is 14.8 Å². The van der Waals surface area contributed by atoms with Gasteiger partial charge in [-0.1, -0.05) is 64.8 Å². The number of ether oxygens (including phenoxy) is 2. The molecule has 0 aromatic heterocycles. The summed E-state index contributed by atoms with van der Waals surface area (Å²) in [6.45, 7) is 0.523. The molecule has 1 unspecified atom stereocenters. The first kappa shape index (κ1) is 22.7. The number of nitrogens with one attached hydrogen (secondary N) is 1. The Labute approximate surface area is 190 Å². The van der Waals surface area contributed by atoms with Crippen molar-refractivity contribution >= 4 is 69.5 Å². The minimum Gasteiger partial charge on any atom is -0.484 e. The molecule has 30 heavy (non-hydrogen) atoms. The molecule has 160 valence electrons. The van der Waals surface area contributed by atoms with Crippen LogP contribution in [-0.2, 0) is 23.9 Å². The highest BCUT2D eigenvalue weighted by molar-refractivity contribution is 8.14. The normalized spacial score (nSPS) is 21.0. The van der Waals surface area contributed by atoms with Crippen LogP contribution < -0.4 is 10.1 Å². The minimum atomic E-state index is -1.84. The summed E-state index contributed by atoms with van der Waals surface area (Å²) in [7, 11) is 0. The summed E-state index contributed by atoms with van der Waals surface area (Å²) in [6.07, 6.45) is 0. The smallest absolute Gasteiger partial charge is 0.355 e. The van der Waals surface area contributed by atoms with Crippen LogP contribution in [0.3, 0.4) is 0 Å². The third-order valence-corrected chi connectivity index (χ3v) is 5.74. The van der Waals surface area contributed by atoms with Gasteiger partial charge in [0.1, 0.15) is 29.5 Å². The molecule has 12 heteroatoms. The van der Waals surface area contributed by atoms with E-state index in [1.54, 1.807) is 30.3 Å². The number of para-hydroxylation sites is 1. The average molecular weight is 494 g/mol. The first-order valence-electron chi connectivity index (χ1n) is 8.54. The van der Waals surface area contributed by atoms with Crippen LogP contribution in [0.25, 0.3) is 0 Å². The number of rotatable bonds is 6. The molecule has 1 N–H and O–H groups in total. The minimum absolute atomic E-state index is 0.0381. The summed E-state index contributed by atoms with van der Waals surface area (Å²) in [5.41, 5.74) is -0.190. The molecule has 2 aliphatic heterocycles. The summed E-state index contributed by atoms with van der Waals surface area (Å²) in [5, 5.41) is 1.31. The molecule has 0 aliphatic carbocycles. The Bertz CT molecular complexity index is 918. The van der Waals surface area contributed by atoms with Gasteiger partial charge in [0.25, 0.3) is 11.8 Å². The fourth-order valence-corrected chi connectivity index (χ4v) is 4.07. The number of benzene rings is 1. The van der Waals surface area contributed by atoms with Crippen molar-refractivity contribution in [3.8, 4) is 5.75 Å². The summed E-state index contributed by atoms with van der Waals surface area (Å²) in [6, 6.07) is 7.68. The van der Waals surface area contributed by atoms with Gasteiger partial charge in [-0.05, 0) is 19.1 Å². The maximum atomic E-state index is 12.6. The van der Waals surface area contributed by atoms with E-state index in [4.69, 9.17) is 44.3 Å². The molecule has 1 fully saturated rings. The molecule has 1 aromatic carbocycles. The van der Waals surface area contributed by atoms with Crippen LogP contribution in [0, 0.1) is 0 Å². The van der Waals surface area contributed by atoms with Crippen molar-refractivity contribution in [1.82, 2.24) is 10.2 Å². The standard InChI is InChI=1S/C18H15Cl3N2O6S/c1-9-13(16(26)29-8-18(19,20)21)23-14(25)12(15(23)30-17(9)27)22-11(24)7-28-10-5-3-2-4-6-10/h2-6,12,15H,7-8H2,1H3,(H,22,24)/t12?,15-/m0/s1. The second-order valence-corrected chi connectivity index (χ2v) is 9.92. The number of amides is 2. The lowest BCUT2D eigenvalue weighted by molar-refractivity contribution is -0.153. The predicted octanol–water partition coefficient (Wildman–Crippen LogP) is 2.18. The summed E-state index contributed by atoms with van der Waals surface area (Å²) in [5.74, 6) is -1.58. The molecule has 0 saturated carbocycles. The maximum absolute atomic E-state index is 12.6. The van der Waals surface area contributed by atoms with E-state index in [0.717, 1.165) is 16.7 Å². The molecule has 0 radical (unpaired) electrons. The number of carbonyl (C=O) groups excluding carboxylic acids is 4. The number of halogens is 3. The molecule has 3 rings (SSSR count). The van der Waals surface area contributed by atoms with Crippen LogP contribution in [0.2, 0.25) is 0 Å². The van der Waals surface area contributed by atoms with Crippen LogP contribution in [-0.4, -0.2) is 56.2 Å². The highest BCUT2D eigenvalue weighted by atomic mass is 35.6. The molecule has 8 nitrogen and oxygen atoms in total. The quantitative estimate of drug-likeness (QED) is 0.368. The molecular formula is C18H15Cl3N2O6S. The van der Waals surface area contributed by atoms with Gasteiger partial charge in [-0.2, -0.15) is 0 Å². The van der Waals surface area contributed by atoms with Gasteiger partial charge in [-0.15, -0.1) is 0 Å². The third-order valence-electron chi connectivity index (χ3n) is 4.16. The van der Waals surface area contributed by atoms with Crippen LogP contribution in [0.5, 0.6) is 5.75 Å². The molecule has 2 atom stereocenters. The summed E-state index contributed by atoms with van der Waals surface area (Å²) < 4.78 is 8.41. The fraction of sp³-hybridized carbons (Fsp3) is 0.333. The Balaban J connectivity index is 1.65. The number of β-lactam (4-membered cyclic amide) rings is 1. The number of hydrogen-bond donors (Lipinski definition) is 1. The largest absolute Gasteiger partial charge is 0.484 e. The number of esters is 1. The number of carbonyl (C=O) groups is 4. The second-order valence-electron chi connectivity index (χ2n) is 6.32. The van der Waals surface area contributed by atoms with E-state index in [-0.39, 0.29) is 17.9 Å². The van der Waals surface area contributed by atoms with Gasteiger partial charge in [0.2, 0.25) is 8.91 Å². The van der Waals surface area contributed by atoms with Crippen molar-refractivity contribution in [2.45, 2.75) is 22.1 Å². The van der Waals surface area contributed by atoms with Gasteiger partial charge in [0, 0.05) is 5.57 Å². The van der Waals surface area contributed by atoms with Gasteiger partial charge >= 0.3 is 5.97 Å². The van der Waals surface area contributed by atoms with Gasteiger partial charge in [-0.3, -0.25) is 19.3 Å². The van der Waals surface area contributed by atoms with Crippen LogP contribution >= 0.6 is 46.6 Å². The van der Waals surface area contributed by atoms with E-state index in [1.807, 2.05) is 0 Å². The lowest BCUT2D eigenvalue weighted by Gasteiger charge is -2.48. The fourth-order valence-electron chi connectivity index (χ4n) is 2.78. The van der Waals surface area contributed by atoms with E-state index in [2.05, 4.69) is 5.32 Å². The third kappa shape index (κ3) is 5.03. The first-order valence-corrected chi connectivity index (χ1v) is 10.6. The highest BCUT2D eigenvalue weighted by Gasteiger charge is 2.56. The van der Waals surface area contributed by atoms with Crippen molar-refractivity contribution < 1.29 is 28.7 Å². The Morgan fingerprint density at radius 3 is 2.50 bits per heavy atom. The number of alkyl halides is 3. The molecule has 2 amide bonds. The average Bonchev–Trinajstić information content (AvgIpc) is 2.70. The lowest BCUT2D eigenvalue weighted by Crippen LogP contribution is -2.71. The molecule has 2 aliphatic rings. The Morgan fingerprint density at radius 2 is 1.87 bits per heavy atom. The highest BCUT2D eigenvalue weighted by Crippen LogP contribution is 2.41. The number of fused-ring (bicyclic) bond motifs is 1. The predicted molar refractivity (Wildman–Crippen MR) is 111 cm³/mol. The van der Waals surface area contributed by atoms with Crippen LogP contribution in [0.15, 0.2) is 41.6 Å². The molecule has 1 aromatic rings. The van der Waals surface area contributed by atoms with Crippen LogP contribution in [0.1, 0.15) is 6.92 Å². The Morgan fingerprint density at radius 1 is 1.20 bits per heavy atom. The zero-order valence-corrected chi connectivity index (χ0v) is 18.5. The van der Waals surface area contributed by atoms with Crippen molar-refractivity contribution in [1.29, 1.82) is 0 Å². The van der Waals surface area contributed by atoms with E-state index < -0.39 is 44.7 Å². The van der Waals surface area contributed by atoms with Crippen molar-refractivity contribution in [3.63, 3.8) is 0 Å². The Hall–Kier alpha value is -1.94. The van der Waals surface area contributed by atoms with Gasteiger partial charge in [-0.25, -0.2) is 4.79 Å². The second kappa shape index (κ2) is 9.05. The molecular weight excluding hydrogens is 479 g/mol. The molecule has 0 bridgehead atoms. The van der Waals surface area contributed by atoms with E-state index in [9.17, 15) is 19.2 Å². The maximum Gasteiger partial charge on any atom is 0.355 e. The lowest BCUT2D eigenvalue weighted by atomic mass is 10.0. The topological polar surface area (TPSA) is 102 Å². The van der Waals surface area contributed by atoms with Crippen molar-refractivity contribution in [2.75, 3.05) is 13.2 Å². The SMILES string of the molecule is CC1=C(C(=O)OCC(Cl)(Cl)Cl)N2C(=O)C(NC(=O)COc3ccccc3)[C@@H]2SC1=O. The monoisotopic (exact) mass is 492 g/mol. The molecule has 1 saturated heterocycles. The van der Waals surface area contributed by atoms with E-state index in [1.165, 1.54) is 6.92 Å². The number of hydrogen-bond acceptors (Lipinski definition) is 7. The summed E-state index contributed by atoms with van der Waals surface area (Å²) in [4.78, 5) is 50.6. The van der Waals surface area contributed by atoms with Crippen molar-refractivity contribution in [2.24, 2.45) is 0 Å². The zero-order valence-electron chi connectivity index (χ0n) is 15.4. The van der Waals surface area contributed by atoms with Crippen molar-refractivity contribution in [3.05, 3.63) is 41.6 Å². The number of thioether (sulfide) groups is 1. The van der Waals surface area contributed by atoms with E-state index >= 15 is 0 Å². The number of nitrogens with zero attached hydrogens (tertiary/aromatic N) is 1. The van der Waals surface area contributed by atoms with Gasteiger partial charge in [0.15, 0.2) is 6.61 Å². The molecule has 0 spiro atoms. The van der Waals surface area contributed by atoms with E-state index in [0.29, 0.717) is 5.75 Å². The molecule has 2 heterocycles. The van der Waals surface area contributed by atoms with Gasteiger partial charge in [0.05, 0.1) is 0 Å². The zero-order chi connectivity index (χ0) is 22.1.